The number of aromatic nitrogens is 2. The molecule has 2 aromatic heterocycles. The van der Waals surface area contributed by atoms with Crippen LogP contribution in [0.5, 0.6) is 0 Å². The molecule has 0 aliphatic heterocycles. The number of hydrogen-bond acceptors (Lipinski definition) is 4. The van der Waals surface area contributed by atoms with Crippen molar-refractivity contribution in [2.24, 2.45) is 0 Å². The molecule has 0 aliphatic rings. The molecular formula is C36H40N2O4Si2. The van der Waals surface area contributed by atoms with Crippen LogP contribution in [-0.2, 0) is 9.47 Å². The van der Waals surface area contributed by atoms with Crippen LogP contribution in [-0.4, -0.2) is 51.3 Å². The Bertz CT molecular complexity index is 1650. The van der Waals surface area contributed by atoms with E-state index in [1.165, 1.54) is 0 Å². The highest BCUT2D eigenvalue weighted by Crippen LogP contribution is 2.41. The van der Waals surface area contributed by atoms with Crippen LogP contribution < -0.4 is 0 Å². The molecule has 0 saturated heterocycles. The molecule has 8 heteroatoms. The molecule has 0 amide bonds. The molecule has 44 heavy (non-hydrogen) atoms. The molecule has 0 atom stereocenters. The van der Waals surface area contributed by atoms with Crippen LogP contribution in [0.15, 0.2) is 60.7 Å². The average Bonchev–Trinajstić information content (AvgIpc) is 3.54. The second-order valence-corrected chi connectivity index (χ2v) is 21.9. The zero-order chi connectivity index (χ0) is 32.1. The Kier molecular flexibility index (Phi) is 9.89. The predicted molar refractivity (Wildman–Crippen MR) is 184 cm³/mol. The van der Waals surface area contributed by atoms with Gasteiger partial charge in [0.25, 0.3) is 0 Å². The van der Waals surface area contributed by atoms with E-state index in [9.17, 15) is 9.59 Å². The monoisotopic (exact) mass is 620 g/mol. The van der Waals surface area contributed by atoms with E-state index < -0.39 is 28.1 Å². The number of ether oxygens (including phenoxy) is 2. The fourth-order valence-electron chi connectivity index (χ4n) is 4.66. The number of benzene rings is 2. The van der Waals surface area contributed by atoms with Gasteiger partial charge in [-0.3, -0.25) is 0 Å². The van der Waals surface area contributed by atoms with Crippen LogP contribution in [0.3, 0.4) is 0 Å². The summed E-state index contributed by atoms with van der Waals surface area (Å²) in [5.74, 6) is 5.66. The molecule has 0 spiro atoms. The maximum Gasteiger partial charge on any atom is 0.341 e. The van der Waals surface area contributed by atoms with E-state index in [2.05, 4.69) is 72.2 Å². The smallest absolute Gasteiger partial charge is 0.341 e. The molecule has 2 aromatic carbocycles. The Morgan fingerprint density at radius 3 is 1.25 bits per heavy atom. The minimum atomic E-state index is -1.80. The number of H-pyrrole nitrogens is 2. The van der Waals surface area contributed by atoms with Crippen molar-refractivity contribution in [1.82, 2.24) is 9.97 Å². The van der Waals surface area contributed by atoms with Crippen molar-refractivity contribution in [1.29, 1.82) is 0 Å². The number of rotatable bonds is 7. The molecule has 6 nitrogen and oxygen atoms in total. The van der Waals surface area contributed by atoms with E-state index in [0.717, 1.165) is 11.1 Å². The zero-order valence-electron chi connectivity index (χ0n) is 26.8. The highest BCUT2D eigenvalue weighted by Gasteiger charge is 2.33. The van der Waals surface area contributed by atoms with Crippen LogP contribution in [0.4, 0.5) is 0 Å². The quantitative estimate of drug-likeness (QED) is 0.124. The topological polar surface area (TPSA) is 84.2 Å². The highest BCUT2D eigenvalue weighted by atomic mass is 28.3. The molecule has 0 fully saturated rings. The molecule has 2 heterocycles. The fraction of sp³-hybridized carbons (Fsp3) is 0.278. The number of hydrogen-bond donors (Lipinski definition) is 2. The maximum atomic E-state index is 13.8. The first-order valence-corrected chi connectivity index (χ1v) is 21.9. The first kappa shape index (κ1) is 32.4. The summed E-state index contributed by atoms with van der Waals surface area (Å²) < 4.78 is 11.2. The van der Waals surface area contributed by atoms with Crippen LogP contribution in [0.25, 0.3) is 33.6 Å². The lowest BCUT2D eigenvalue weighted by atomic mass is 9.96. The van der Waals surface area contributed by atoms with Gasteiger partial charge in [0.1, 0.15) is 16.1 Å². The van der Waals surface area contributed by atoms with Gasteiger partial charge in [-0.2, -0.15) is 0 Å². The van der Waals surface area contributed by atoms with Crippen molar-refractivity contribution in [3.8, 4) is 56.6 Å². The van der Waals surface area contributed by atoms with Crippen molar-refractivity contribution < 1.29 is 19.1 Å². The number of aromatic amines is 2. The normalized spacial score (nSPS) is 11.2. The summed E-state index contributed by atoms with van der Waals surface area (Å²) in [4.78, 5) is 34.6. The van der Waals surface area contributed by atoms with Gasteiger partial charge in [0.05, 0.1) is 47.1 Å². The maximum absolute atomic E-state index is 13.8. The second-order valence-electron chi connectivity index (χ2n) is 12.4. The standard InChI is InChI=1S/C36H40N2O4Si2/c1-9-41-35(39)31-29(25-17-13-11-14-18-25)27(21-23-43(3,4)5)37-33(31)34-32(36(40)42-10-2)30(26-19-15-12-16-20-26)28(38-34)22-24-44(6,7)8/h11-20,37-38H,9-10H2,1-8H3. The number of esters is 2. The summed E-state index contributed by atoms with van der Waals surface area (Å²) in [6.07, 6.45) is 0. The van der Waals surface area contributed by atoms with Gasteiger partial charge in [0, 0.05) is 11.1 Å². The molecule has 0 bridgehead atoms. The van der Waals surface area contributed by atoms with E-state index in [4.69, 9.17) is 9.47 Å². The Balaban J connectivity index is 2.20. The summed E-state index contributed by atoms with van der Waals surface area (Å²) in [7, 11) is -3.61. The summed E-state index contributed by atoms with van der Waals surface area (Å²) in [5.41, 5.74) is 12.3. The van der Waals surface area contributed by atoms with Crippen LogP contribution in [0, 0.1) is 22.9 Å². The van der Waals surface area contributed by atoms with Crippen LogP contribution >= 0.6 is 0 Å². The van der Waals surface area contributed by atoms with Gasteiger partial charge in [-0.25, -0.2) is 9.59 Å². The minimum Gasteiger partial charge on any atom is -0.462 e. The third-order valence-corrected chi connectivity index (χ3v) is 8.21. The van der Waals surface area contributed by atoms with Gasteiger partial charge >= 0.3 is 11.9 Å². The summed E-state index contributed by atoms with van der Waals surface area (Å²) in [5, 5.41) is 0. The summed E-state index contributed by atoms with van der Waals surface area (Å²) >= 11 is 0. The molecular weight excluding hydrogens is 581 g/mol. The predicted octanol–water partition coefficient (Wildman–Crippen LogP) is 8.16. The highest BCUT2D eigenvalue weighted by molar-refractivity contribution is 6.84. The van der Waals surface area contributed by atoms with Gasteiger partial charge in [-0.05, 0) is 25.0 Å². The van der Waals surface area contributed by atoms with Crippen LogP contribution in [0.2, 0.25) is 39.3 Å². The minimum absolute atomic E-state index is 0.186. The lowest BCUT2D eigenvalue weighted by molar-refractivity contribution is 0.0516. The van der Waals surface area contributed by atoms with Crippen molar-refractivity contribution in [2.75, 3.05) is 13.2 Å². The number of nitrogens with one attached hydrogen (secondary N) is 2. The van der Waals surface area contributed by atoms with Gasteiger partial charge in [-0.1, -0.05) is 112 Å². The summed E-state index contributed by atoms with van der Waals surface area (Å²) in [6, 6.07) is 19.3. The number of carbonyl (C=O) groups excluding carboxylic acids is 2. The van der Waals surface area contributed by atoms with Crippen LogP contribution in [0.1, 0.15) is 46.0 Å². The SMILES string of the molecule is CCOC(=O)c1c(-c2[nH]c(C#C[Si](C)(C)C)c(-c3ccccc3)c2C(=O)OCC)[nH]c(C#C[Si](C)(C)C)c1-c1ccccc1. The lowest BCUT2D eigenvalue weighted by Gasteiger charge is -2.10. The zero-order valence-corrected chi connectivity index (χ0v) is 28.8. The third-order valence-electron chi connectivity index (χ3n) is 6.46. The van der Waals surface area contributed by atoms with Crippen molar-refractivity contribution >= 4 is 28.1 Å². The van der Waals surface area contributed by atoms with E-state index in [-0.39, 0.29) is 13.2 Å². The molecule has 2 N–H and O–H groups in total. The van der Waals surface area contributed by atoms with Gasteiger partial charge < -0.3 is 19.4 Å². The largest absolute Gasteiger partial charge is 0.462 e. The Morgan fingerprint density at radius 1 is 0.614 bits per heavy atom. The molecule has 0 aliphatic carbocycles. The average molecular weight is 621 g/mol. The van der Waals surface area contributed by atoms with E-state index in [0.29, 0.717) is 45.0 Å². The molecule has 4 rings (SSSR count). The van der Waals surface area contributed by atoms with Crippen molar-refractivity contribution in [2.45, 2.75) is 53.1 Å². The number of carbonyl (C=O) groups is 2. The molecule has 0 unspecified atom stereocenters. The van der Waals surface area contributed by atoms with Crippen molar-refractivity contribution in [3.05, 3.63) is 83.2 Å². The molecule has 0 radical (unpaired) electrons. The van der Waals surface area contributed by atoms with E-state index in [1.807, 2.05) is 60.7 Å². The Labute approximate surface area is 262 Å². The van der Waals surface area contributed by atoms with Crippen molar-refractivity contribution in [3.63, 3.8) is 0 Å². The Morgan fingerprint density at radius 2 is 0.955 bits per heavy atom. The molecule has 0 saturated carbocycles. The second kappa shape index (κ2) is 13.4. The fourth-order valence-corrected chi connectivity index (χ4v) is 5.66. The van der Waals surface area contributed by atoms with E-state index in [1.54, 1.807) is 13.8 Å². The van der Waals surface area contributed by atoms with Gasteiger partial charge in [-0.15, -0.1) is 11.1 Å². The first-order valence-electron chi connectivity index (χ1n) is 14.9. The van der Waals surface area contributed by atoms with Gasteiger partial charge in [0.15, 0.2) is 0 Å². The first-order chi connectivity index (χ1) is 20.8. The molecule has 4 aromatic rings. The Hall–Kier alpha value is -4.51. The van der Waals surface area contributed by atoms with E-state index >= 15 is 0 Å². The van der Waals surface area contributed by atoms with Gasteiger partial charge in [0.2, 0.25) is 0 Å². The summed E-state index contributed by atoms with van der Waals surface area (Å²) in [6.45, 7) is 16.9. The lowest BCUT2D eigenvalue weighted by Crippen LogP contribution is -2.16. The third kappa shape index (κ3) is 7.52. The molecule has 226 valence electrons.